The lowest BCUT2D eigenvalue weighted by atomic mass is 10.1. The highest BCUT2D eigenvalue weighted by molar-refractivity contribution is 5.90. The summed E-state index contributed by atoms with van der Waals surface area (Å²) in [5, 5.41) is 0. The maximum absolute atomic E-state index is 11.5. The van der Waals surface area contributed by atoms with Gasteiger partial charge in [-0.2, -0.15) is 0 Å². The van der Waals surface area contributed by atoms with E-state index in [4.69, 9.17) is 4.74 Å². The summed E-state index contributed by atoms with van der Waals surface area (Å²) in [5.41, 5.74) is 2.41. The van der Waals surface area contributed by atoms with Gasteiger partial charge in [0.05, 0.1) is 18.4 Å². The van der Waals surface area contributed by atoms with Gasteiger partial charge in [-0.1, -0.05) is 0 Å². The minimum absolute atomic E-state index is 0.326. The quantitative estimate of drug-likeness (QED) is 0.799. The van der Waals surface area contributed by atoms with Crippen molar-refractivity contribution in [2.75, 3.05) is 20.7 Å². The van der Waals surface area contributed by atoms with Crippen molar-refractivity contribution in [2.24, 2.45) is 0 Å². The van der Waals surface area contributed by atoms with Crippen molar-refractivity contribution < 1.29 is 9.53 Å². The average molecular weight is 273 g/mol. The summed E-state index contributed by atoms with van der Waals surface area (Å²) in [6.07, 6.45) is 7.36. The van der Waals surface area contributed by atoms with Crippen molar-refractivity contribution >= 4 is 11.6 Å². The first-order valence-electron chi connectivity index (χ1n) is 6.93. The Labute approximate surface area is 118 Å². The van der Waals surface area contributed by atoms with Crippen LogP contribution in [-0.2, 0) is 11.2 Å². The number of hydrogen-bond acceptors (Lipinski definition) is 4. The molecule has 1 saturated heterocycles. The second-order valence-corrected chi connectivity index (χ2v) is 5.39. The smallest absolute Gasteiger partial charge is 0.338 e. The summed E-state index contributed by atoms with van der Waals surface area (Å²) in [5.74, 6) is -0.326. The van der Waals surface area contributed by atoms with Crippen LogP contribution in [0.2, 0.25) is 0 Å². The maximum atomic E-state index is 11.5. The van der Waals surface area contributed by atoms with Crippen LogP contribution in [0.5, 0.6) is 0 Å². The molecule has 2 aromatic rings. The zero-order valence-electron chi connectivity index (χ0n) is 11.9. The lowest BCUT2D eigenvalue weighted by Crippen LogP contribution is -2.26. The number of aromatic nitrogens is 2. The van der Waals surface area contributed by atoms with Gasteiger partial charge in [0.15, 0.2) is 0 Å². The van der Waals surface area contributed by atoms with Crippen LogP contribution in [0.4, 0.5) is 0 Å². The van der Waals surface area contributed by atoms with E-state index in [9.17, 15) is 4.79 Å². The molecule has 5 nitrogen and oxygen atoms in total. The fourth-order valence-corrected chi connectivity index (χ4v) is 2.86. The van der Waals surface area contributed by atoms with Gasteiger partial charge in [-0.15, -0.1) is 0 Å². The minimum Gasteiger partial charge on any atom is -0.465 e. The Morgan fingerprint density at radius 3 is 3.10 bits per heavy atom. The molecule has 0 radical (unpaired) electrons. The normalized spacial score (nSPS) is 19.6. The Bertz CT molecular complexity index is 635. The number of likely N-dealkylation sites (tertiary alicyclic amines) is 1. The molecule has 1 unspecified atom stereocenters. The van der Waals surface area contributed by atoms with Crippen LogP contribution in [0.1, 0.15) is 28.9 Å². The van der Waals surface area contributed by atoms with Crippen molar-refractivity contribution in [3.05, 3.63) is 35.8 Å². The number of imidazole rings is 1. The highest BCUT2D eigenvalue weighted by Crippen LogP contribution is 2.19. The largest absolute Gasteiger partial charge is 0.465 e. The van der Waals surface area contributed by atoms with Gasteiger partial charge in [-0.25, -0.2) is 9.78 Å². The molecule has 0 aromatic carbocycles. The number of carbonyl (C=O) groups is 1. The summed E-state index contributed by atoms with van der Waals surface area (Å²) in [7, 11) is 3.56. The number of hydrogen-bond donors (Lipinski definition) is 0. The molecule has 0 aliphatic carbocycles. The van der Waals surface area contributed by atoms with Crippen molar-refractivity contribution in [1.29, 1.82) is 0 Å². The number of rotatable bonds is 3. The van der Waals surface area contributed by atoms with Gasteiger partial charge < -0.3 is 14.0 Å². The van der Waals surface area contributed by atoms with E-state index in [-0.39, 0.29) is 5.97 Å². The number of ether oxygens (including phenoxy) is 1. The minimum atomic E-state index is -0.326. The summed E-state index contributed by atoms with van der Waals surface area (Å²) < 4.78 is 6.69. The lowest BCUT2D eigenvalue weighted by Gasteiger charge is -2.17. The molecule has 1 atom stereocenters. The third-order valence-electron chi connectivity index (χ3n) is 4.05. The molecule has 106 valence electrons. The highest BCUT2D eigenvalue weighted by atomic mass is 16.5. The Balaban J connectivity index is 1.85. The number of pyridine rings is 1. The van der Waals surface area contributed by atoms with Crippen molar-refractivity contribution in [3.63, 3.8) is 0 Å². The van der Waals surface area contributed by atoms with E-state index < -0.39 is 0 Å². The molecule has 1 aliphatic heterocycles. The molecule has 1 fully saturated rings. The number of esters is 1. The molecule has 5 heteroatoms. The molecule has 20 heavy (non-hydrogen) atoms. The SMILES string of the molecule is COC(=O)c1ccn2cc(CC3CCCN3C)nc2c1. The summed E-state index contributed by atoms with van der Waals surface area (Å²) >= 11 is 0. The second kappa shape index (κ2) is 5.25. The number of likely N-dealkylation sites (N-methyl/N-ethyl adjacent to an activating group) is 1. The van der Waals surface area contributed by atoms with Crippen LogP contribution in [0.3, 0.4) is 0 Å². The van der Waals surface area contributed by atoms with Gasteiger partial charge in [0.2, 0.25) is 0 Å². The van der Waals surface area contributed by atoms with E-state index in [0.29, 0.717) is 11.6 Å². The monoisotopic (exact) mass is 273 g/mol. The van der Waals surface area contributed by atoms with Crippen molar-refractivity contribution in [3.8, 4) is 0 Å². The van der Waals surface area contributed by atoms with Gasteiger partial charge in [0.1, 0.15) is 5.65 Å². The molecule has 0 N–H and O–H groups in total. The molecular weight excluding hydrogens is 254 g/mol. The zero-order chi connectivity index (χ0) is 14.1. The number of nitrogens with zero attached hydrogens (tertiary/aromatic N) is 3. The van der Waals surface area contributed by atoms with Gasteiger partial charge in [0, 0.05) is 24.9 Å². The Morgan fingerprint density at radius 1 is 1.55 bits per heavy atom. The third kappa shape index (κ3) is 2.41. The van der Waals surface area contributed by atoms with Gasteiger partial charge in [-0.05, 0) is 38.6 Å². The third-order valence-corrected chi connectivity index (χ3v) is 4.05. The molecular formula is C15H19N3O2. The molecule has 0 amide bonds. The summed E-state index contributed by atoms with van der Waals surface area (Å²) in [6.45, 7) is 1.17. The van der Waals surface area contributed by atoms with Crippen LogP contribution < -0.4 is 0 Å². The maximum Gasteiger partial charge on any atom is 0.338 e. The zero-order valence-corrected chi connectivity index (χ0v) is 11.9. The molecule has 0 bridgehead atoms. The second-order valence-electron chi connectivity index (χ2n) is 5.39. The van der Waals surface area contributed by atoms with E-state index in [1.165, 1.54) is 26.5 Å². The lowest BCUT2D eigenvalue weighted by molar-refractivity contribution is 0.0600. The van der Waals surface area contributed by atoms with Crippen LogP contribution in [0, 0.1) is 0 Å². The van der Waals surface area contributed by atoms with Crippen molar-refractivity contribution in [1.82, 2.24) is 14.3 Å². The van der Waals surface area contributed by atoms with Crippen LogP contribution in [0.25, 0.3) is 5.65 Å². The van der Waals surface area contributed by atoms with E-state index in [2.05, 4.69) is 16.9 Å². The standard InChI is InChI=1S/C15H19N3O2/c1-17-6-3-4-13(17)9-12-10-18-7-5-11(15(19)20-2)8-14(18)16-12/h5,7-8,10,13H,3-4,6,9H2,1-2H3. The average Bonchev–Trinajstić information content (AvgIpc) is 3.03. The molecule has 3 rings (SSSR count). The fraction of sp³-hybridized carbons (Fsp3) is 0.467. The van der Waals surface area contributed by atoms with Gasteiger partial charge >= 0.3 is 5.97 Å². The van der Waals surface area contributed by atoms with Crippen LogP contribution >= 0.6 is 0 Å². The first-order valence-corrected chi connectivity index (χ1v) is 6.93. The first kappa shape index (κ1) is 13.1. The molecule has 0 saturated carbocycles. The Hall–Kier alpha value is -1.88. The van der Waals surface area contributed by atoms with Crippen LogP contribution in [-0.4, -0.2) is 47.0 Å². The summed E-state index contributed by atoms with van der Waals surface area (Å²) in [6, 6.07) is 4.11. The molecule has 1 aliphatic rings. The molecule has 0 spiro atoms. The van der Waals surface area contributed by atoms with Crippen molar-refractivity contribution in [2.45, 2.75) is 25.3 Å². The van der Waals surface area contributed by atoms with Gasteiger partial charge in [-0.3, -0.25) is 0 Å². The van der Waals surface area contributed by atoms with E-state index >= 15 is 0 Å². The van der Waals surface area contributed by atoms with E-state index in [0.717, 1.165) is 17.8 Å². The first-order chi connectivity index (χ1) is 9.67. The topological polar surface area (TPSA) is 46.8 Å². The predicted octanol–water partition coefficient (Wildman–Crippen LogP) is 1.76. The molecule has 2 aromatic heterocycles. The van der Waals surface area contributed by atoms with Gasteiger partial charge in [0.25, 0.3) is 0 Å². The Morgan fingerprint density at radius 2 is 2.40 bits per heavy atom. The van der Waals surface area contributed by atoms with E-state index in [1.807, 2.05) is 16.8 Å². The highest BCUT2D eigenvalue weighted by Gasteiger charge is 2.22. The predicted molar refractivity (Wildman–Crippen MR) is 75.9 cm³/mol. The van der Waals surface area contributed by atoms with Crippen LogP contribution in [0.15, 0.2) is 24.5 Å². The fourth-order valence-electron chi connectivity index (χ4n) is 2.86. The molecule has 3 heterocycles. The summed E-state index contributed by atoms with van der Waals surface area (Å²) in [4.78, 5) is 18.5. The Kier molecular flexibility index (Phi) is 3.44. The number of carbonyl (C=O) groups excluding carboxylic acids is 1. The number of fused-ring (bicyclic) bond motifs is 1. The number of methoxy groups -OCH3 is 1. The van der Waals surface area contributed by atoms with E-state index in [1.54, 1.807) is 12.1 Å².